The molecule has 0 aliphatic carbocycles. The number of aromatic amines is 1. The molecule has 84 valence electrons. The fourth-order valence-corrected chi connectivity index (χ4v) is 2.00. The normalized spacial score (nSPS) is 11.2. The minimum atomic E-state index is -0.417. The molecule has 1 aromatic heterocycles. The third-order valence-corrected chi connectivity index (χ3v) is 2.91. The maximum Gasteiger partial charge on any atom is 0.272 e. The van der Waals surface area contributed by atoms with Crippen LogP contribution in [0.25, 0.3) is 11.0 Å². The fraction of sp³-hybridized carbons (Fsp3) is 0.300. The van der Waals surface area contributed by atoms with E-state index in [1.54, 1.807) is 0 Å². The molecule has 0 unspecified atom stereocenters. The van der Waals surface area contributed by atoms with E-state index in [9.17, 15) is 10.1 Å². The minimum Gasteiger partial charge on any atom is -0.342 e. The molecule has 5 nitrogen and oxygen atoms in total. The highest BCUT2D eigenvalue weighted by Gasteiger charge is 2.14. The van der Waals surface area contributed by atoms with Crippen LogP contribution in [0.2, 0.25) is 0 Å². The lowest BCUT2D eigenvalue weighted by atomic mass is 10.2. The van der Waals surface area contributed by atoms with Crippen molar-refractivity contribution >= 4 is 32.7 Å². The number of imidazole rings is 1. The van der Waals surface area contributed by atoms with Crippen molar-refractivity contribution in [2.75, 3.05) is 0 Å². The number of nitrogens with one attached hydrogen (secondary N) is 1. The van der Waals surface area contributed by atoms with Crippen LogP contribution in [0, 0.1) is 10.1 Å². The zero-order valence-corrected chi connectivity index (χ0v) is 10.4. The van der Waals surface area contributed by atoms with Gasteiger partial charge in [-0.15, -0.1) is 0 Å². The Labute approximate surface area is 100 Å². The highest BCUT2D eigenvalue weighted by Crippen LogP contribution is 2.29. The fourth-order valence-electron chi connectivity index (χ4n) is 1.46. The number of nitrogens with zero attached hydrogens (tertiary/aromatic N) is 2. The quantitative estimate of drug-likeness (QED) is 0.679. The Bertz CT molecular complexity index is 562. The molecule has 2 rings (SSSR count). The molecule has 16 heavy (non-hydrogen) atoms. The Kier molecular flexibility index (Phi) is 2.67. The van der Waals surface area contributed by atoms with Gasteiger partial charge < -0.3 is 4.98 Å². The number of rotatable bonds is 2. The molecule has 0 amide bonds. The Morgan fingerprint density at radius 2 is 2.19 bits per heavy atom. The largest absolute Gasteiger partial charge is 0.342 e. The lowest BCUT2D eigenvalue weighted by molar-refractivity contribution is -0.384. The summed E-state index contributed by atoms with van der Waals surface area (Å²) in [7, 11) is 0. The van der Waals surface area contributed by atoms with E-state index < -0.39 is 4.92 Å². The number of non-ortho nitro benzene ring substituents is 1. The number of hydrogen-bond donors (Lipinski definition) is 1. The van der Waals surface area contributed by atoms with E-state index in [0.29, 0.717) is 9.99 Å². The van der Waals surface area contributed by atoms with Gasteiger partial charge in [-0.2, -0.15) is 0 Å². The predicted molar refractivity (Wildman–Crippen MR) is 64.5 cm³/mol. The third kappa shape index (κ3) is 1.80. The van der Waals surface area contributed by atoms with Crippen molar-refractivity contribution in [2.45, 2.75) is 19.8 Å². The maximum atomic E-state index is 10.7. The van der Waals surface area contributed by atoms with E-state index in [0.717, 1.165) is 11.3 Å². The minimum absolute atomic E-state index is 0.0540. The van der Waals surface area contributed by atoms with Crippen LogP contribution in [0.1, 0.15) is 25.6 Å². The molecule has 0 bridgehead atoms. The number of fused-ring (bicyclic) bond motifs is 1. The van der Waals surface area contributed by atoms with E-state index >= 15 is 0 Å². The molecular formula is C10H10BrN3O2. The Morgan fingerprint density at radius 1 is 1.50 bits per heavy atom. The molecule has 0 spiro atoms. The number of aromatic nitrogens is 2. The van der Waals surface area contributed by atoms with Crippen molar-refractivity contribution in [3.63, 3.8) is 0 Å². The molecule has 1 N–H and O–H groups in total. The van der Waals surface area contributed by atoms with E-state index in [1.165, 1.54) is 12.1 Å². The zero-order valence-electron chi connectivity index (χ0n) is 8.82. The summed E-state index contributed by atoms with van der Waals surface area (Å²) in [6, 6.07) is 2.96. The molecular weight excluding hydrogens is 274 g/mol. The summed E-state index contributed by atoms with van der Waals surface area (Å²) >= 11 is 3.29. The first-order chi connectivity index (χ1) is 7.49. The summed E-state index contributed by atoms with van der Waals surface area (Å²) in [6.45, 7) is 4.03. The first kappa shape index (κ1) is 11.1. The van der Waals surface area contributed by atoms with Crippen LogP contribution in [0.4, 0.5) is 5.69 Å². The second kappa shape index (κ2) is 3.86. The molecule has 0 aliphatic heterocycles. The van der Waals surface area contributed by atoms with Gasteiger partial charge in [0.1, 0.15) is 11.3 Å². The lowest BCUT2D eigenvalue weighted by Gasteiger charge is -1.95. The van der Waals surface area contributed by atoms with Gasteiger partial charge in [0.2, 0.25) is 0 Å². The van der Waals surface area contributed by atoms with Crippen LogP contribution in [0.3, 0.4) is 0 Å². The first-order valence-electron chi connectivity index (χ1n) is 4.82. The van der Waals surface area contributed by atoms with E-state index in [2.05, 4.69) is 25.9 Å². The monoisotopic (exact) mass is 283 g/mol. The summed E-state index contributed by atoms with van der Waals surface area (Å²) in [5, 5.41) is 10.7. The molecule has 1 heterocycles. The van der Waals surface area contributed by atoms with Crippen molar-refractivity contribution < 1.29 is 4.92 Å². The second-order valence-corrected chi connectivity index (χ2v) is 4.71. The average Bonchev–Trinajstić information content (AvgIpc) is 2.61. The molecule has 0 saturated carbocycles. The van der Waals surface area contributed by atoms with Gasteiger partial charge in [0.15, 0.2) is 0 Å². The molecule has 0 fully saturated rings. The van der Waals surface area contributed by atoms with Gasteiger partial charge >= 0.3 is 0 Å². The first-order valence-corrected chi connectivity index (χ1v) is 5.62. The highest BCUT2D eigenvalue weighted by atomic mass is 79.9. The van der Waals surface area contributed by atoms with Crippen molar-refractivity contribution in [3.8, 4) is 0 Å². The van der Waals surface area contributed by atoms with Crippen LogP contribution in [0.5, 0.6) is 0 Å². The molecule has 0 saturated heterocycles. The Morgan fingerprint density at radius 3 is 2.75 bits per heavy atom. The number of halogens is 1. The SMILES string of the molecule is CC(C)c1nc2c(Br)cc([N+](=O)[O-])cc2[nH]1. The Balaban J connectivity index is 2.68. The van der Waals surface area contributed by atoms with E-state index in [4.69, 9.17) is 0 Å². The Hall–Kier alpha value is -1.43. The maximum absolute atomic E-state index is 10.7. The van der Waals surface area contributed by atoms with Gasteiger partial charge in [0, 0.05) is 18.1 Å². The molecule has 2 aromatic rings. The number of benzene rings is 1. The van der Waals surface area contributed by atoms with Gasteiger partial charge in [-0.1, -0.05) is 13.8 Å². The van der Waals surface area contributed by atoms with Crippen LogP contribution < -0.4 is 0 Å². The van der Waals surface area contributed by atoms with Gasteiger partial charge in [-0.05, 0) is 15.9 Å². The summed E-state index contributed by atoms with van der Waals surface area (Å²) in [5.41, 5.74) is 1.47. The van der Waals surface area contributed by atoms with Crippen molar-refractivity contribution in [3.05, 3.63) is 32.5 Å². The number of nitro groups is 1. The van der Waals surface area contributed by atoms with Gasteiger partial charge in [-0.3, -0.25) is 10.1 Å². The number of H-pyrrole nitrogens is 1. The van der Waals surface area contributed by atoms with Crippen LogP contribution in [-0.2, 0) is 0 Å². The highest BCUT2D eigenvalue weighted by molar-refractivity contribution is 9.10. The molecule has 0 atom stereocenters. The van der Waals surface area contributed by atoms with Crippen molar-refractivity contribution in [1.82, 2.24) is 9.97 Å². The van der Waals surface area contributed by atoms with E-state index in [-0.39, 0.29) is 11.6 Å². The predicted octanol–water partition coefficient (Wildman–Crippen LogP) is 3.36. The topological polar surface area (TPSA) is 71.8 Å². The summed E-state index contributed by atoms with van der Waals surface area (Å²) in [5.74, 6) is 1.09. The average molecular weight is 284 g/mol. The summed E-state index contributed by atoms with van der Waals surface area (Å²) in [4.78, 5) is 17.7. The number of hydrogen-bond acceptors (Lipinski definition) is 3. The molecule has 1 aromatic carbocycles. The molecule has 0 radical (unpaired) electrons. The van der Waals surface area contributed by atoms with Crippen LogP contribution in [-0.4, -0.2) is 14.9 Å². The third-order valence-electron chi connectivity index (χ3n) is 2.30. The number of nitro benzene ring substituents is 1. The summed E-state index contributed by atoms with van der Waals surface area (Å²) < 4.78 is 0.639. The van der Waals surface area contributed by atoms with E-state index in [1.807, 2.05) is 13.8 Å². The smallest absolute Gasteiger partial charge is 0.272 e. The van der Waals surface area contributed by atoms with Crippen molar-refractivity contribution in [1.29, 1.82) is 0 Å². The lowest BCUT2D eigenvalue weighted by Crippen LogP contribution is -1.88. The van der Waals surface area contributed by atoms with Gasteiger partial charge in [0.25, 0.3) is 5.69 Å². The summed E-state index contributed by atoms with van der Waals surface area (Å²) in [6.07, 6.45) is 0. The van der Waals surface area contributed by atoms with Crippen molar-refractivity contribution in [2.24, 2.45) is 0 Å². The standard InChI is InChI=1S/C10H10BrN3O2/c1-5(2)10-12-8-4-6(14(15)16)3-7(11)9(8)13-10/h3-5H,1-2H3,(H,12,13). The van der Waals surface area contributed by atoms with Crippen LogP contribution in [0.15, 0.2) is 16.6 Å². The molecule has 6 heteroatoms. The van der Waals surface area contributed by atoms with Crippen LogP contribution >= 0.6 is 15.9 Å². The van der Waals surface area contributed by atoms with Gasteiger partial charge in [0.05, 0.1) is 14.9 Å². The molecule has 0 aliphatic rings. The zero-order chi connectivity index (χ0) is 11.9. The second-order valence-electron chi connectivity index (χ2n) is 3.86. The van der Waals surface area contributed by atoms with Gasteiger partial charge in [-0.25, -0.2) is 4.98 Å².